The van der Waals surface area contributed by atoms with Gasteiger partial charge in [-0.2, -0.15) is 4.98 Å². The molecule has 2 aromatic rings. The highest BCUT2D eigenvalue weighted by atomic mass is 32.2. The topological polar surface area (TPSA) is 132 Å². The molecule has 0 unspecified atom stereocenters. The van der Waals surface area contributed by atoms with Crippen LogP contribution in [-0.2, 0) is 16.6 Å². The van der Waals surface area contributed by atoms with Crippen molar-refractivity contribution in [1.29, 1.82) is 0 Å². The highest BCUT2D eigenvalue weighted by Gasteiger charge is 2.20. The molecule has 2 N–H and O–H groups in total. The number of ether oxygens (including phenoxy) is 1. The Morgan fingerprint density at radius 1 is 1.43 bits per heavy atom. The van der Waals surface area contributed by atoms with Crippen LogP contribution in [0.5, 0.6) is 5.75 Å². The molecule has 124 valence electrons. The van der Waals surface area contributed by atoms with Gasteiger partial charge in [-0.1, -0.05) is 5.16 Å². The van der Waals surface area contributed by atoms with Gasteiger partial charge in [0.2, 0.25) is 15.9 Å². The van der Waals surface area contributed by atoms with E-state index in [0.717, 1.165) is 6.07 Å². The van der Waals surface area contributed by atoms with Crippen LogP contribution in [-0.4, -0.2) is 36.2 Å². The van der Waals surface area contributed by atoms with E-state index in [1.54, 1.807) is 13.8 Å². The Bertz CT molecular complexity index is 815. The molecule has 0 spiro atoms. The molecule has 23 heavy (non-hydrogen) atoms. The molecular weight excluding hydrogens is 326 g/mol. The Balaban J connectivity index is 2.25. The van der Waals surface area contributed by atoms with E-state index in [2.05, 4.69) is 14.9 Å². The summed E-state index contributed by atoms with van der Waals surface area (Å²) in [5.74, 6) is -0.684. The van der Waals surface area contributed by atoms with E-state index in [-0.39, 0.29) is 35.2 Å². The van der Waals surface area contributed by atoms with E-state index in [1.807, 2.05) is 0 Å². The van der Waals surface area contributed by atoms with Crippen molar-refractivity contribution in [3.63, 3.8) is 0 Å². The third-order valence-electron chi connectivity index (χ3n) is 2.78. The number of carboxylic acids is 1. The second kappa shape index (κ2) is 6.75. The fourth-order valence-electron chi connectivity index (χ4n) is 1.78. The number of rotatable bonds is 7. The van der Waals surface area contributed by atoms with Crippen LogP contribution in [0, 0.1) is 6.92 Å². The summed E-state index contributed by atoms with van der Waals surface area (Å²) < 4.78 is 36.6. The van der Waals surface area contributed by atoms with E-state index >= 15 is 0 Å². The van der Waals surface area contributed by atoms with Crippen molar-refractivity contribution in [2.75, 3.05) is 6.61 Å². The molecule has 0 radical (unpaired) electrons. The molecule has 0 fully saturated rings. The van der Waals surface area contributed by atoms with E-state index in [9.17, 15) is 13.2 Å². The average molecular weight is 341 g/mol. The third-order valence-corrected chi connectivity index (χ3v) is 4.18. The van der Waals surface area contributed by atoms with E-state index in [4.69, 9.17) is 14.4 Å². The molecule has 2 rings (SSSR count). The maximum atomic E-state index is 12.2. The van der Waals surface area contributed by atoms with E-state index < -0.39 is 16.0 Å². The summed E-state index contributed by atoms with van der Waals surface area (Å²) >= 11 is 0. The maximum absolute atomic E-state index is 12.2. The number of sulfonamides is 1. The second-order valence-corrected chi connectivity index (χ2v) is 6.22. The van der Waals surface area contributed by atoms with Crippen LogP contribution in [0.1, 0.15) is 29.0 Å². The van der Waals surface area contributed by atoms with Gasteiger partial charge in [-0.3, -0.25) is 0 Å². The first-order chi connectivity index (χ1) is 10.8. The molecule has 1 aromatic heterocycles. The van der Waals surface area contributed by atoms with E-state index in [1.165, 1.54) is 12.1 Å². The van der Waals surface area contributed by atoms with Gasteiger partial charge in [0.15, 0.2) is 5.82 Å². The van der Waals surface area contributed by atoms with Crippen molar-refractivity contribution in [2.24, 2.45) is 0 Å². The van der Waals surface area contributed by atoms with Crippen LogP contribution < -0.4 is 9.46 Å². The number of benzene rings is 1. The molecule has 0 saturated carbocycles. The normalized spacial score (nSPS) is 11.4. The molecule has 0 aliphatic heterocycles. The summed E-state index contributed by atoms with van der Waals surface area (Å²) in [6, 6.07) is 3.61. The Labute approximate surface area is 132 Å². The van der Waals surface area contributed by atoms with Crippen LogP contribution in [0.4, 0.5) is 0 Å². The minimum atomic E-state index is -3.93. The molecule has 0 aliphatic rings. The summed E-state index contributed by atoms with van der Waals surface area (Å²) in [4.78, 5) is 14.9. The van der Waals surface area contributed by atoms with Crippen LogP contribution in [0.2, 0.25) is 0 Å². The number of aryl methyl sites for hydroxylation is 1. The summed E-state index contributed by atoms with van der Waals surface area (Å²) in [6.45, 7) is 3.37. The molecular formula is C13H15N3O6S. The van der Waals surface area contributed by atoms with Gasteiger partial charge >= 0.3 is 5.97 Å². The first kappa shape index (κ1) is 16.9. The van der Waals surface area contributed by atoms with Gasteiger partial charge in [0, 0.05) is 6.92 Å². The minimum absolute atomic E-state index is 0.104. The van der Waals surface area contributed by atoms with Gasteiger partial charge in [0.05, 0.1) is 18.0 Å². The Kier molecular flexibility index (Phi) is 4.96. The van der Waals surface area contributed by atoms with Gasteiger partial charge in [-0.05, 0) is 25.1 Å². The number of hydrogen-bond donors (Lipinski definition) is 2. The molecule has 0 atom stereocenters. The highest BCUT2D eigenvalue weighted by Crippen LogP contribution is 2.23. The number of aromatic carboxylic acids is 1. The molecule has 9 nitrogen and oxygen atoms in total. The molecule has 1 heterocycles. The maximum Gasteiger partial charge on any atom is 0.339 e. The van der Waals surface area contributed by atoms with Gasteiger partial charge in [-0.15, -0.1) is 0 Å². The lowest BCUT2D eigenvalue weighted by atomic mass is 10.2. The number of carbonyl (C=O) groups is 1. The summed E-state index contributed by atoms with van der Waals surface area (Å²) in [6.07, 6.45) is 0. The fourth-order valence-corrected chi connectivity index (χ4v) is 2.79. The SMILES string of the molecule is CCOc1ccc(S(=O)(=O)NCc2noc(C)n2)cc1C(=O)O. The van der Waals surface area contributed by atoms with Crippen molar-refractivity contribution in [3.8, 4) is 5.75 Å². The fraction of sp³-hybridized carbons (Fsp3) is 0.308. The third kappa shape index (κ3) is 4.05. The Morgan fingerprint density at radius 3 is 2.74 bits per heavy atom. The average Bonchev–Trinajstić information content (AvgIpc) is 2.91. The van der Waals surface area contributed by atoms with E-state index in [0.29, 0.717) is 5.89 Å². The predicted molar refractivity (Wildman–Crippen MR) is 77.6 cm³/mol. The number of hydrogen-bond acceptors (Lipinski definition) is 7. The lowest BCUT2D eigenvalue weighted by molar-refractivity contribution is 0.0692. The number of aromatic nitrogens is 2. The van der Waals surface area contributed by atoms with Gasteiger partial charge in [0.25, 0.3) is 0 Å². The van der Waals surface area contributed by atoms with Gasteiger partial charge in [0.1, 0.15) is 11.3 Å². The van der Waals surface area contributed by atoms with Crippen LogP contribution in [0.25, 0.3) is 0 Å². The van der Waals surface area contributed by atoms with Crippen LogP contribution in [0.15, 0.2) is 27.6 Å². The minimum Gasteiger partial charge on any atom is -0.493 e. The van der Waals surface area contributed by atoms with Gasteiger partial charge < -0.3 is 14.4 Å². The van der Waals surface area contributed by atoms with Crippen LogP contribution >= 0.6 is 0 Å². The van der Waals surface area contributed by atoms with Crippen molar-refractivity contribution in [3.05, 3.63) is 35.5 Å². The smallest absolute Gasteiger partial charge is 0.339 e. The molecule has 0 aliphatic carbocycles. The van der Waals surface area contributed by atoms with Crippen molar-refractivity contribution in [2.45, 2.75) is 25.3 Å². The number of nitrogens with zero attached hydrogens (tertiary/aromatic N) is 2. The summed E-state index contributed by atoms with van der Waals surface area (Å²) in [5.41, 5.74) is -0.231. The highest BCUT2D eigenvalue weighted by molar-refractivity contribution is 7.89. The van der Waals surface area contributed by atoms with Gasteiger partial charge in [-0.25, -0.2) is 17.9 Å². The largest absolute Gasteiger partial charge is 0.493 e. The van der Waals surface area contributed by atoms with Crippen molar-refractivity contribution >= 4 is 16.0 Å². The van der Waals surface area contributed by atoms with Crippen molar-refractivity contribution in [1.82, 2.24) is 14.9 Å². The molecule has 0 saturated heterocycles. The molecule has 10 heteroatoms. The first-order valence-corrected chi connectivity index (χ1v) is 8.11. The zero-order valence-electron chi connectivity index (χ0n) is 12.4. The monoisotopic (exact) mass is 341 g/mol. The second-order valence-electron chi connectivity index (χ2n) is 4.45. The standard InChI is InChI=1S/C13H15N3O6S/c1-3-21-11-5-4-9(6-10(11)13(17)18)23(19,20)14-7-12-15-8(2)22-16-12/h4-6,14H,3,7H2,1-2H3,(H,17,18). The quantitative estimate of drug-likeness (QED) is 0.761. The zero-order chi connectivity index (χ0) is 17.0. The zero-order valence-corrected chi connectivity index (χ0v) is 13.3. The summed E-state index contributed by atoms with van der Waals surface area (Å²) in [5, 5.41) is 12.7. The van der Waals surface area contributed by atoms with Crippen LogP contribution in [0.3, 0.4) is 0 Å². The predicted octanol–water partition coefficient (Wildman–Crippen LogP) is 0.953. The first-order valence-electron chi connectivity index (χ1n) is 6.62. The molecule has 0 amide bonds. The van der Waals surface area contributed by atoms with Crippen molar-refractivity contribution < 1.29 is 27.6 Å². The lowest BCUT2D eigenvalue weighted by Gasteiger charge is -2.10. The Morgan fingerprint density at radius 2 is 2.17 bits per heavy atom. The summed E-state index contributed by atoms with van der Waals surface area (Å²) in [7, 11) is -3.93. The lowest BCUT2D eigenvalue weighted by Crippen LogP contribution is -2.24. The molecule has 1 aromatic carbocycles. The molecule has 0 bridgehead atoms. The Hall–Kier alpha value is -2.46. The number of carboxylic acid groups (broad SMARTS) is 1. The number of nitrogens with one attached hydrogen (secondary N) is 1.